The molecule has 1 atom stereocenters. The SMILES string of the molecule is COc1cccc(C2/C(=C(/O)c3ccccc3OC)C(=O)C(=O)N2c2ccc(OC(C)C)cc2)c1. The Balaban J connectivity index is 1.91. The molecule has 1 heterocycles. The first-order chi connectivity index (χ1) is 16.8. The molecule has 1 fully saturated rings. The van der Waals surface area contributed by atoms with Crippen LogP contribution in [-0.2, 0) is 9.59 Å². The van der Waals surface area contributed by atoms with Gasteiger partial charge in [0.15, 0.2) is 0 Å². The number of carbonyl (C=O) groups excluding carboxylic acids is 2. The average Bonchev–Trinajstić information content (AvgIpc) is 3.14. The molecule has 0 aromatic heterocycles. The quantitative estimate of drug-likeness (QED) is 0.291. The van der Waals surface area contributed by atoms with Crippen molar-refractivity contribution in [2.75, 3.05) is 19.1 Å². The largest absolute Gasteiger partial charge is 0.507 e. The number of ketones is 1. The molecule has 0 bridgehead atoms. The minimum atomic E-state index is -0.883. The Morgan fingerprint density at radius 1 is 0.886 bits per heavy atom. The number of aliphatic hydroxyl groups excluding tert-OH is 1. The summed E-state index contributed by atoms with van der Waals surface area (Å²) in [6.45, 7) is 3.85. The molecule has 7 nitrogen and oxygen atoms in total. The van der Waals surface area contributed by atoms with Crippen molar-refractivity contribution < 1.29 is 28.9 Å². The summed E-state index contributed by atoms with van der Waals surface area (Å²) in [5.74, 6) is -0.250. The van der Waals surface area contributed by atoms with E-state index >= 15 is 0 Å². The standard InChI is InChI=1S/C28H27NO6/c1-17(2)35-20-14-12-19(13-15-20)29-25(18-8-7-9-21(16-18)33-3)24(27(31)28(29)32)26(30)22-10-5-6-11-23(22)34-4/h5-17,25,30H,1-4H3/b26-24-. The molecular formula is C28H27NO6. The van der Waals surface area contributed by atoms with Gasteiger partial charge in [-0.25, -0.2) is 0 Å². The van der Waals surface area contributed by atoms with Crippen LogP contribution in [0.2, 0.25) is 0 Å². The van der Waals surface area contributed by atoms with Gasteiger partial charge in [-0.2, -0.15) is 0 Å². The van der Waals surface area contributed by atoms with Crippen LogP contribution in [0, 0.1) is 0 Å². The smallest absolute Gasteiger partial charge is 0.300 e. The Morgan fingerprint density at radius 3 is 2.26 bits per heavy atom. The number of ether oxygens (including phenoxy) is 3. The number of carbonyl (C=O) groups is 2. The highest BCUT2D eigenvalue weighted by molar-refractivity contribution is 6.51. The molecule has 3 aromatic carbocycles. The van der Waals surface area contributed by atoms with E-state index in [1.807, 2.05) is 13.8 Å². The molecule has 1 aliphatic heterocycles. The maximum atomic E-state index is 13.3. The topological polar surface area (TPSA) is 85.3 Å². The van der Waals surface area contributed by atoms with Crippen molar-refractivity contribution in [3.8, 4) is 17.2 Å². The summed E-state index contributed by atoms with van der Waals surface area (Å²) in [6.07, 6.45) is -0.00675. The van der Waals surface area contributed by atoms with Gasteiger partial charge in [0.05, 0.1) is 37.5 Å². The number of rotatable bonds is 7. The number of aliphatic hydroxyl groups is 1. The predicted octanol–water partition coefficient (Wildman–Crippen LogP) is 5.12. The molecule has 7 heteroatoms. The second kappa shape index (κ2) is 9.93. The fraction of sp³-hybridized carbons (Fsp3) is 0.214. The van der Waals surface area contributed by atoms with Crippen molar-refractivity contribution in [2.24, 2.45) is 0 Å². The molecule has 0 aliphatic carbocycles. The Labute approximate surface area is 204 Å². The number of hydrogen-bond donors (Lipinski definition) is 1. The summed E-state index contributed by atoms with van der Waals surface area (Å²) in [5, 5.41) is 11.3. The fourth-order valence-electron chi connectivity index (χ4n) is 4.17. The Morgan fingerprint density at radius 2 is 1.60 bits per heavy atom. The van der Waals surface area contributed by atoms with Gasteiger partial charge < -0.3 is 19.3 Å². The van der Waals surface area contributed by atoms with Gasteiger partial charge in [0.2, 0.25) is 0 Å². The zero-order chi connectivity index (χ0) is 25.1. The van der Waals surface area contributed by atoms with Gasteiger partial charge in [0.25, 0.3) is 11.7 Å². The minimum absolute atomic E-state index is 0.00675. The van der Waals surface area contributed by atoms with Crippen LogP contribution >= 0.6 is 0 Å². The third kappa shape index (κ3) is 4.57. The number of benzene rings is 3. The van der Waals surface area contributed by atoms with E-state index in [2.05, 4.69) is 0 Å². The zero-order valence-corrected chi connectivity index (χ0v) is 20.0. The van der Waals surface area contributed by atoms with Gasteiger partial charge in [-0.3, -0.25) is 14.5 Å². The second-order valence-corrected chi connectivity index (χ2v) is 8.31. The predicted molar refractivity (Wildman–Crippen MR) is 133 cm³/mol. The van der Waals surface area contributed by atoms with Crippen LogP contribution in [0.4, 0.5) is 5.69 Å². The van der Waals surface area contributed by atoms with Crippen molar-refractivity contribution in [3.63, 3.8) is 0 Å². The van der Waals surface area contributed by atoms with Gasteiger partial charge in [-0.1, -0.05) is 24.3 Å². The van der Waals surface area contributed by atoms with Crippen LogP contribution in [0.15, 0.2) is 78.4 Å². The third-order valence-electron chi connectivity index (χ3n) is 5.70. The first-order valence-electron chi connectivity index (χ1n) is 11.2. The molecule has 3 aromatic rings. The summed E-state index contributed by atoms with van der Waals surface area (Å²) in [6, 6.07) is 19.9. The fourth-order valence-corrected chi connectivity index (χ4v) is 4.17. The second-order valence-electron chi connectivity index (χ2n) is 8.31. The number of amides is 1. The lowest BCUT2D eigenvalue weighted by atomic mass is 9.94. The Hall–Kier alpha value is -4.26. The van der Waals surface area contributed by atoms with E-state index in [4.69, 9.17) is 14.2 Å². The molecule has 1 unspecified atom stereocenters. The number of para-hydroxylation sites is 1. The lowest BCUT2D eigenvalue weighted by Crippen LogP contribution is -2.29. The monoisotopic (exact) mass is 473 g/mol. The highest BCUT2D eigenvalue weighted by atomic mass is 16.5. The molecule has 35 heavy (non-hydrogen) atoms. The highest BCUT2D eigenvalue weighted by Gasteiger charge is 2.47. The molecular weight excluding hydrogens is 446 g/mol. The molecule has 1 saturated heterocycles. The number of methoxy groups -OCH3 is 2. The highest BCUT2D eigenvalue weighted by Crippen LogP contribution is 2.44. The van der Waals surface area contributed by atoms with E-state index in [1.165, 1.54) is 12.0 Å². The lowest BCUT2D eigenvalue weighted by molar-refractivity contribution is -0.132. The average molecular weight is 474 g/mol. The first-order valence-corrected chi connectivity index (χ1v) is 11.2. The van der Waals surface area contributed by atoms with Crippen LogP contribution in [-0.4, -0.2) is 37.1 Å². The summed E-state index contributed by atoms with van der Waals surface area (Å²) in [7, 11) is 3.02. The van der Waals surface area contributed by atoms with Crippen LogP contribution in [0.25, 0.3) is 5.76 Å². The van der Waals surface area contributed by atoms with Crippen molar-refractivity contribution in [1.29, 1.82) is 0 Å². The lowest BCUT2D eigenvalue weighted by Gasteiger charge is -2.26. The zero-order valence-electron chi connectivity index (χ0n) is 20.0. The van der Waals surface area contributed by atoms with Crippen molar-refractivity contribution >= 4 is 23.1 Å². The number of anilines is 1. The van der Waals surface area contributed by atoms with Crippen molar-refractivity contribution in [2.45, 2.75) is 26.0 Å². The maximum Gasteiger partial charge on any atom is 0.300 e. The Kier molecular flexibility index (Phi) is 6.78. The number of Topliss-reactive ketones (excluding diaryl/α,β-unsaturated/α-hetero) is 1. The maximum absolute atomic E-state index is 13.3. The molecule has 1 aliphatic rings. The number of hydrogen-bond acceptors (Lipinski definition) is 6. The van der Waals surface area contributed by atoms with Crippen molar-refractivity contribution in [1.82, 2.24) is 0 Å². The van der Waals surface area contributed by atoms with E-state index in [0.717, 1.165) is 0 Å². The van der Waals surface area contributed by atoms with Gasteiger partial charge in [-0.05, 0) is 67.9 Å². The van der Waals surface area contributed by atoms with Crippen LogP contribution in [0.1, 0.15) is 31.0 Å². The summed E-state index contributed by atoms with van der Waals surface area (Å²) in [5.41, 5.74) is 1.40. The van der Waals surface area contributed by atoms with E-state index in [1.54, 1.807) is 79.9 Å². The molecule has 1 N–H and O–H groups in total. The van der Waals surface area contributed by atoms with Gasteiger partial charge in [0.1, 0.15) is 23.0 Å². The van der Waals surface area contributed by atoms with Crippen molar-refractivity contribution in [3.05, 3.63) is 89.5 Å². The molecule has 0 spiro atoms. The molecule has 180 valence electrons. The first kappa shape index (κ1) is 23.9. The van der Waals surface area contributed by atoms with Crippen LogP contribution in [0.5, 0.6) is 17.2 Å². The summed E-state index contributed by atoms with van der Waals surface area (Å²) < 4.78 is 16.5. The van der Waals surface area contributed by atoms with Gasteiger partial charge in [-0.15, -0.1) is 0 Å². The molecule has 1 amide bonds. The summed E-state index contributed by atoms with van der Waals surface area (Å²) >= 11 is 0. The van der Waals surface area contributed by atoms with Gasteiger partial charge in [0, 0.05) is 5.69 Å². The molecule has 0 radical (unpaired) electrons. The van der Waals surface area contributed by atoms with E-state index in [0.29, 0.717) is 34.1 Å². The normalized spacial score (nSPS) is 17.1. The van der Waals surface area contributed by atoms with E-state index in [-0.39, 0.29) is 17.4 Å². The van der Waals surface area contributed by atoms with E-state index in [9.17, 15) is 14.7 Å². The van der Waals surface area contributed by atoms with Crippen LogP contribution < -0.4 is 19.1 Å². The van der Waals surface area contributed by atoms with E-state index < -0.39 is 17.7 Å². The molecule has 4 rings (SSSR count). The summed E-state index contributed by atoms with van der Waals surface area (Å²) in [4.78, 5) is 28.1. The Bertz CT molecular complexity index is 1280. The van der Waals surface area contributed by atoms with Gasteiger partial charge >= 0.3 is 0 Å². The molecule has 0 saturated carbocycles. The minimum Gasteiger partial charge on any atom is -0.507 e. The van der Waals surface area contributed by atoms with Crippen LogP contribution in [0.3, 0.4) is 0 Å². The number of nitrogens with zero attached hydrogens (tertiary/aromatic N) is 1. The third-order valence-corrected chi connectivity index (χ3v) is 5.70.